The number of carbonyl (C=O) groups excluding carboxylic acids is 3. The molecular formula is C13H15N3O4. The van der Waals surface area contributed by atoms with E-state index >= 15 is 0 Å². The van der Waals surface area contributed by atoms with Crippen molar-refractivity contribution in [2.24, 2.45) is 0 Å². The van der Waals surface area contributed by atoms with Crippen LogP contribution in [0.2, 0.25) is 0 Å². The number of nitrogens with zero attached hydrogens (tertiary/aromatic N) is 2. The van der Waals surface area contributed by atoms with Crippen LogP contribution in [0.3, 0.4) is 0 Å². The third kappa shape index (κ3) is 2.62. The average molecular weight is 277 g/mol. The lowest BCUT2D eigenvalue weighted by atomic mass is 10.1. The molecule has 106 valence electrons. The van der Waals surface area contributed by atoms with Crippen LogP contribution < -0.4 is 5.32 Å². The second-order valence-corrected chi connectivity index (χ2v) is 4.28. The highest BCUT2D eigenvalue weighted by Crippen LogP contribution is 2.15. The van der Waals surface area contributed by atoms with E-state index < -0.39 is 6.03 Å². The third-order valence-electron chi connectivity index (χ3n) is 3.07. The molecule has 7 heteroatoms. The van der Waals surface area contributed by atoms with E-state index in [2.05, 4.69) is 5.32 Å². The molecule has 4 amide bonds. The Morgan fingerprint density at radius 1 is 1.40 bits per heavy atom. The summed E-state index contributed by atoms with van der Waals surface area (Å²) < 4.78 is 0. The van der Waals surface area contributed by atoms with Gasteiger partial charge in [-0.25, -0.2) is 9.86 Å². The Labute approximate surface area is 116 Å². The van der Waals surface area contributed by atoms with Gasteiger partial charge in [-0.2, -0.15) is 0 Å². The number of hydroxylamine groups is 2. The summed E-state index contributed by atoms with van der Waals surface area (Å²) in [6.07, 6.45) is 0. The van der Waals surface area contributed by atoms with Gasteiger partial charge in [0, 0.05) is 12.6 Å². The molecule has 1 fully saturated rings. The number of imide groups is 1. The number of hydrogen-bond donors (Lipinski definition) is 1. The van der Waals surface area contributed by atoms with Crippen LogP contribution >= 0.6 is 0 Å². The van der Waals surface area contributed by atoms with E-state index in [1.807, 2.05) is 0 Å². The van der Waals surface area contributed by atoms with Crippen LogP contribution in [0.25, 0.3) is 0 Å². The number of hydrogen-bond acceptors (Lipinski definition) is 4. The molecule has 1 saturated heterocycles. The largest absolute Gasteiger partial charge is 0.329 e. The van der Waals surface area contributed by atoms with Gasteiger partial charge in [0.2, 0.25) is 5.91 Å². The smallest absolute Gasteiger partial charge is 0.324 e. The summed E-state index contributed by atoms with van der Waals surface area (Å²) in [6, 6.07) is 6.35. The zero-order valence-electron chi connectivity index (χ0n) is 11.3. The molecule has 2 rings (SSSR count). The number of carbonyl (C=O) groups is 3. The fourth-order valence-electron chi connectivity index (χ4n) is 1.91. The summed E-state index contributed by atoms with van der Waals surface area (Å²) >= 11 is 0. The van der Waals surface area contributed by atoms with Crippen LogP contribution in [0.1, 0.15) is 15.9 Å². The fraction of sp³-hybridized carbons (Fsp3) is 0.308. The lowest BCUT2D eigenvalue weighted by molar-refractivity contribution is -0.125. The van der Waals surface area contributed by atoms with Gasteiger partial charge in [-0.15, -0.1) is 0 Å². The summed E-state index contributed by atoms with van der Waals surface area (Å²) in [5.41, 5.74) is 0.983. The first-order chi connectivity index (χ1) is 9.54. The first kappa shape index (κ1) is 14.0. The molecule has 0 spiro atoms. The summed E-state index contributed by atoms with van der Waals surface area (Å²) in [4.78, 5) is 41.2. The summed E-state index contributed by atoms with van der Waals surface area (Å²) in [6.45, 7) is 0.0526. The lowest BCUT2D eigenvalue weighted by Crippen LogP contribution is -2.32. The van der Waals surface area contributed by atoms with E-state index in [0.717, 1.165) is 9.96 Å². The van der Waals surface area contributed by atoms with E-state index in [-0.39, 0.29) is 24.9 Å². The summed E-state index contributed by atoms with van der Waals surface area (Å²) in [7, 11) is 2.88. The van der Waals surface area contributed by atoms with Gasteiger partial charge >= 0.3 is 6.03 Å². The molecule has 1 aromatic carbocycles. The summed E-state index contributed by atoms with van der Waals surface area (Å²) in [5.74, 6) is -0.646. The average Bonchev–Trinajstić information content (AvgIpc) is 2.78. The van der Waals surface area contributed by atoms with E-state index in [1.54, 1.807) is 24.3 Å². The Morgan fingerprint density at radius 2 is 2.10 bits per heavy atom. The highest BCUT2D eigenvalue weighted by Gasteiger charge is 2.29. The van der Waals surface area contributed by atoms with Crippen molar-refractivity contribution in [1.29, 1.82) is 0 Å². The molecule has 0 bridgehead atoms. The van der Waals surface area contributed by atoms with Crippen LogP contribution in [0, 0.1) is 0 Å². The monoisotopic (exact) mass is 277 g/mol. The van der Waals surface area contributed by atoms with Crippen LogP contribution in [-0.2, 0) is 16.2 Å². The Balaban J connectivity index is 2.26. The molecule has 1 N–H and O–H groups in total. The van der Waals surface area contributed by atoms with Gasteiger partial charge < -0.3 is 5.32 Å². The second-order valence-electron chi connectivity index (χ2n) is 4.28. The van der Waals surface area contributed by atoms with Crippen molar-refractivity contribution < 1.29 is 19.2 Å². The van der Waals surface area contributed by atoms with Gasteiger partial charge in [0.05, 0.1) is 20.2 Å². The minimum absolute atomic E-state index is 0.00702. The Kier molecular flexibility index (Phi) is 3.99. The predicted molar refractivity (Wildman–Crippen MR) is 69.5 cm³/mol. The number of nitrogens with one attached hydrogen (secondary N) is 1. The van der Waals surface area contributed by atoms with Gasteiger partial charge in [0.1, 0.15) is 0 Å². The van der Waals surface area contributed by atoms with Crippen molar-refractivity contribution in [1.82, 2.24) is 15.3 Å². The minimum atomic E-state index is -0.447. The van der Waals surface area contributed by atoms with Crippen molar-refractivity contribution in [2.45, 2.75) is 6.54 Å². The molecule has 1 aliphatic rings. The molecule has 1 aromatic rings. The molecule has 20 heavy (non-hydrogen) atoms. The molecule has 1 aliphatic heterocycles. The number of benzene rings is 1. The molecular weight excluding hydrogens is 262 g/mol. The normalized spacial score (nSPS) is 14.4. The SMILES string of the molecule is CON(C)C(=O)c1ccccc1CN1C(=O)CNC1=O. The molecule has 0 radical (unpaired) electrons. The second kappa shape index (κ2) is 5.70. The van der Waals surface area contributed by atoms with Crippen molar-refractivity contribution in [3.63, 3.8) is 0 Å². The Morgan fingerprint density at radius 3 is 2.70 bits per heavy atom. The maximum absolute atomic E-state index is 12.1. The van der Waals surface area contributed by atoms with Crippen molar-refractivity contribution in [3.8, 4) is 0 Å². The maximum atomic E-state index is 12.1. The van der Waals surface area contributed by atoms with Gasteiger partial charge in [0.25, 0.3) is 5.91 Å². The molecule has 7 nitrogen and oxygen atoms in total. The van der Waals surface area contributed by atoms with E-state index in [9.17, 15) is 14.4 Å². The van der Waals surface area contributed by atoms with Crippen molar-refractivity contribution in [3.05, 3.63) is 35.4 Å². The first-order valence-electron chi connectivity index (χ1n) is 6.03. The standard InChI is InChI=1S/C13H15N3O4/c1-15(20-2)12(18)10-6-4-3-5-9(10)8-16-11(17)7-14-13(16)19/h3-6H,7-8H2,1-2H3,(H,14,19). The van der Waals surface area contributed by atoms with Crippen LogP contribution in [0.5, 0.6) is 0 Å². The molecule has 0 aromatic heterocycles. The van der Waals surface area contributed by atoms with Crippen molar-refractivity contribution in [2.75, 3.05) is 20.7 Å². The molecule has 0 atom stereocenters. The Hall–Kier alpha value is -2.41. The zero-order valence-corrected chi connectivity index (χ0v) is 11.3. The van der Waals surface area contributed by atoms with Gasteiger partial charge in [-0.05, 0) is 11.6 Å². The third-order valence-corrected chi connectivity index (χ3v) is 3.07. The first-order valence-corrected chi connectivity index (χ1v) is 6.03. The molecule has 0 aliphatic carbocycles. The molecule has 0 saturated carbocycles. The Bertz CT molecular complexity index is 542. The zero-order chi connectivity index (χ0) is 14.7. The maximum Gasteiger partial charge on any atom is 0.324 e. The quantitative estimate of drug-likeness (QED) is 0.637. The van der Waals surface area contributed by atoms with Gasteiger partial charge in [0.15, 0.2) is 0 Å². The van der Waals surface area contributed by atoms with Crippen molar-refractivity contribution >= 4 is 17.8 Å². The number of urea groups is 1. The van der Waals surface area contributed by atoms with Crippen LogP contribution in [-0.4, -0.2) is 48.5 Å². The predicted octanol–water partition coefficient (Wildman–Crippen LogP) is 0.372. The highest BCUT2D eigenvalue weighted by molar-refractivity contribution is 6.02. The lowest BCUT2D eigenvalue weighted by Gasteiger charge is -2.18. The van der Waals surface area contributed by atoms with E-state index in [0.29, 0.717) is 11.1 Å². The molecule has 1 heterocycles. The fourth-order valence-corrected chi connectivity index (χ4v) is 1.91. The van der Waals surface area contributed by atoms with Gasteiger partial charge in [-0.3, -0.25) is 19.3 Å². The van der Waals surface area contributed by atoms with E-state index in [1.165, 1.54) is 14.2 Å². The number of amides is 4. The topological polar surface area (TPSA) is 79.0 Å². The highest BCUT2D eigenvalue weighted by atomic mass is 16.7. The minimum Gasteiger partial charge on any atom is -0.329 e. The number of rotatable bonds is 4. The van der Waals surface area contributed by atoms with Crippen LogP contribution in [0.15, 0.2) is 24.3 Å². The van der Waals surface area contributed by atoms with E-state index in [4.69, 9.17) is 4.84 Å². The summed E-state index contributed by atoms with van der Waals surface area (Å²) in [5, 5.41) is 3.53. The van der Waals surface area contributed by atoms with Crippen LogP contribution in [0.4, 0.5) is 4.79 Å². The molecule has 0 unspecified atom stereocenters. The van der Waals surface area contributed by atoms with Gasteiger partial charge in [-0.1, -0.05) is 18.2 Å².